The molecular weight excluding hydrogens is 402 g/mol. The van der Waals surface area contributed by atoms with Gasteiger partial charge >= 0.3 is 6.61 Å². The van der Waals surface area contributed by atoms with Crippen molar-refractivity contribution in [2.24, 2.45) is 17.8 Å². The van der Waals surface area contributed by atoms with Gasteiger partial charge in [0.1, 0.15) is 5.82 Å². The standard InChI is InChI=1S/C20H23F4N5O/c21-16(22)9-28-6-12-13(7-28)18(12)29-8-14(27-17(29)3-10-1-2-10)11-4-15(30-20(23)24)19(25)26-5-11/h4-5,8,10,12-13,16,18,20H,1-3,6-7,9H2,(H2,25,26)/t12-,13+,18?. The van der Waals surface area contributed by atoms with E-state index in [2.05, 4.69) is 14.3 Å². The van der Waals surface area contributed by atoms with Gasteiger partial charge in [-0.15, -0.1) is 0 Å². The maximum absolute atomic E-state index is 12.7. The number of nitrogen functional groups attached to an aromatic ring is 1. The van der Waals surface area contributed by atoms with E-state index in [1.807, 2.05) is 11.1 Å². The molecule has 2 N–H and O–H groups in total. The van der Waals surface area contributed by atoms with Crippen LogP contribution in [0, 0.1) is 17.8 Å². The van der Waals surface area contributed by atoms with E-state index >= 15 is 0 Å². The fourth-order valence-electron chi connectivity index (χ4n) is 4.69. The van der Waals surface area contributed by atoms with Gasteiger partial charge in [0, 0.05) is 43.5 Å². The van der Waals surface area contributed by atoms with E-state index in [1.165, 1.54) is 25.1 Å². The Kier molecular flexibility index (Phi) is 4.83. The number of imidazole rings is 1. The summed E-state index contributed by atoms with van der Waals surface area (Å²) >= 11 is 0. The van der Waals surface area contributed by atoms with Crippen LogP contribution in [0.25, 0.3) is 11.3 Å². The van der Waals surface area contributed by atoms with Crippen molar-refractivity contribution in [1.29, 1.82) is 0 Å². The first-order chi connectivity index (χ1) is 14.4. The molecule has 0 spiro atoms. The topological polar surface area (TPSA) is 69.2 Å². The molecule has 2 aromatic rings. The first-order valence-corrected chi connectivity index (χ1v) is 10.2. The number of ether oxygens (including phenoxy) is 1. The average molecular weight is 425 g/mol. The van der Waals surface area contributed by atoms with E-state index in [0.717, 1.165) is 12.2 Å². The van der Waals surface area contributed by atoms with Gasteiger partial charge < -0.3 is 15.0 Å². The molecule has 30 heavy (non-hydrogen) atoms. The second-order valence-electron chi connectivity index (χ2n) is 8.51. The van der Waals surface area contributed by atoms with Gasteiger partial charge in [-0.05, 0) is 36.7 Å². The van der Waals surface area contributed by atoms with Gasteiger partial charge in [0.25, 0.3) is 6.43 Å². The smallest absolute Gasteiger partial charge is 0.387 e. The van der Waals surface area contributed by atoms with Crippen LogP contribution in [0.2, 0.25) is 0 Å². The van der Waals surface area contributed by atoms with Gasteiger partial charge in [-0.3, -0.25) is 4.90 Å². The number of pyridine rings is 1. The molecule has 0 amide bonds. The molecule has 3 aliphatic rings. The van der Waals surface area contributed by atoms with Crippen molar-refractivity contribution in [3.8, 4) is 17.0 Å². The number of aromatic nitrogens is 3. The molecule has 2 saturated carbocycles. The minimum Gasteiger partial charge on any atom is -0.431 e. The van der Waals surface area contributed by atoms with E-state index < -0.39 is 13.0 Å². The molecule has 0 aromatic carbocycles. The lowest BCUT2D eigenvalue weighted by atomic mass is 10.2. The van der Waals surface area contributed by atoms with Gasteiger partial charge in [-0.1, -0.05) is 0 Å². The molecule has 1 unspecified atom stereocenters. The number of rotatable bonds is 8. The summed E-state index contributed by atoms with van der Waals surface area (Å²) in [6, 6.07) is 1.69. The average Bonchev–Trinajstić information content (AvgIpc) is 3.51. The Morgan fingerprint density at radius 1 is 1.17 bits per heavy atom. The summed E-state index contributed by atoms with van der Waals surface area (Å²) in [4.78, 5) is 10.6. The highest BCUT2D eigenvalue weighted by molar-refractivity contribution is 5.63. The van der Waals surface area contributed by atoms with Crippen LogP contribution in [0.5, 0.6) is 5.75 Å². The Balaban J connectivity index is 1.39. The van der Waals surface area contributed by atoms with Gasteiger partial charge in [-0.25, -0.2) is 18.7 Å². The van der Waals surface area contributed by atoms with Crippen molar-refractivity contribution >= 4 is 5.82 Å². The van der Waals surface area contributed by atoms with Crippen molar-refractivity contribution < 1.29 is 22.3 Å². The van der Waals surface area contributed by atoms with Crippen molar-refractivity contribution in [3.63, 3.8) is 0 Å². The third-order valence-corrected chi connectivity index (χ3v) is 6.31. The van der Waals surface area contributed by atoms with Crippen molar-refractivity contribution in [1.82, 2.24) is 19.4 Å². The Hall–Kier alpha value is -2.36. The highest BCUT2D eigenvalue weighted by atomic mass is 19.3. The summed E-state index contributed by atoms with van der Waals surface area (Å²) in [6.45, 7) is -1.82. The molecule has 5 rings (SSSR count). The van der Waals surface area contributed by atoms with E-state index in [4.69, 9.17) is 10.7 Å². The number of nitrogens with two attached hydrogens (primary N) is 1. The molecule has 0 bridgehead atoms. The first-order valence-electron chi connectivity index (χ1n) is 10.2. The van der Waals surface area contributed by atoms with Crippen LogP contribution in [-0.4, -0.2) is 52.1 Å². The number of fused-ring (bicyclic) bond motifs is 1. The molecule has 6 nitrogen and oxygen atoms in total. The van der Waals surface area contributed by atoms with E-state index in [-0.39, 0.29) is 24.2 Å². The zero-order chi connectivity index (χ0) is 21.0. The third kappa shape index (κ3) is 3.84. The zero-order valence-corrected chi connectivity index (χ0v) is 16.2. The Morgan fingerprint density at radius 2 is 1.90 bits per heavy atom. The molecular formula is C20H23F4N5O. The fraction of sp³-hybridized carbons (Fsp3) is 0.600. The van der Waals surface area contributed by atoms with Crippen molar-refractivity contribution in [3.05, 3.63) is 24.3 Å². The number of piperidine rings is 1. The summed E-state index contributed by atoms with van der Waals surface area (Å²) in [5.74, 6) is 2.01. The number of likely N-dealkylation sites (tertiary alicyclic amines) is 1. The minimum atomic E-state index is -2.99. The SMILES string of the molecule is Nc1ncc(-c2cn(C3[C@H]4CN(CC(F)F)C[C@@H]34)c(CC3CC3)n2)cc1OC(F)F. The lowest BCUT2D eigenvalue weighted by Crippen LogP contribution is -2.30. The van der Waals surface area contributed by atoms with E-state index in [9.17, 15) is 17.6 Å². The number of hydrogen-bond donors (Lipinski definition) is 1. The highest BCUT2D eigenvalue weighted by Gasteiger charge is 2.57. The lowest BCUT2D eigenvalue weighted by molar-refractivity contribution is -0.0494. The lowest BCUT2D eigenvalue weighted by Gasteiger charge is -2.19. The molecule has 1 aliphatic heterocycles. The first kappa shape index (κ1) is 19.6. The molecule has 1 saturated heterocycles. The molecule has 2 aromatic heterocycles. The monoisotopic (exact) mass is 425 g/mol. The second kappa shape index (κ2) is 7.40. The Labute approximate surface area is 171 Å². The number of hydrogen-bond acceptors (Lipinski definition) is 5. The predicted octanol–water partition coefficient (Wildman–Crippen LogP) is 3.45. The number of anilines is 1. The van der Waals surface area contributed by atoms with Crippen LogP contribution < -0.4 is 10.5 Å². The summed E-state index contributed by atoms with van der Waals surface area (Å²) < 4.78 is 57.2. The number of nitrogens with zero attached hydrogens (tertiary/aromatic N) is 4. The number of halogens is 4. The largest absolute Gasteiger partial charge is 0.431 e. The summed E-state index contributed by atoms with van der Waals surface area (Å²) in [5.41, 5.74) is 6.83. The maximum Gasteiger partial charge on any atom is 0.387 e. The molecule has 3 heterocycles. The summed E-state index contributed by atoms with van der Waals surface area (Å²) in [7, 11) is 0. The molecule has 162 valence electrons. The minimum absolute atomic E-state index is 0.104. The van der Waals surface area contributed by atoms with E-state index in [0.29, 0.717) is 42.1 Å². The normalized spacial score (nSPS) is 25.9. The van der Waals surface area contributed by atoms with Crippen LogP contribution in [-0.2, 0) is 6.42 Å². The quantitative estimate of drug-likeness (QED) is 0.656. The molecule has 3 fully saturated rings. The Morgan fingerprint density at radius 3 is 2.53 bits per heavy atom. The van der Waals surface area contributed by atoms with Crippen LogP contribution in [0.1, 0.15) is 24.7 Å². The van der Waals surface area contributed by atoms with Gasteiger partial charge in [0.15, 0.2) is 11.6 Å². The molecule has 10 heteroatoms. The van der Waals surface area contributed by atoms with Crippen LogP contribution >= 0.6 is 0 Å². The summed E-state index contributed by atoms with van der Waals surface area (Å²) in [5, 5.41) is 0. The number of alkyl halides is 4. The fourth-order valence-corrected chi connectivity index (χ4v) is 4.69. The van der Waals surface area contributed by atoms with Gasteiger partial charge in [-0.2, -0.15) is 8.78 Å². The maximum atomic E-state index is 12.7. The predicted molar refractivity (Wildman–Crippen MR) is 101 cm³/mol. The highest BCUT2D eigenvalue weighted by Crippen LogP contribution is 2.56. The van der Waals surface area contributed by atoms with Crippen LogP contribution in [0.3, 0.4) is 0 Å². The van der Waals surface area contributed by atoms with Crippen molar-refractivity contribution in [2.75, 3.05) is 25.4 Å². The second-order valence-corrected chi connectivity index (χ2v) is 8.51. The molecule has 2 aliphatic carbocycles. The van der Waals surface area contributed by atoms with Gasteiger partial charge in [0.05, 0.1) is 12.2 Å². The van der Waals surface area contributed by atoms with Crippen molar-refractivity contribution in [2.45, 2.75) is 38.3 Å². The Bertz CT molecular complexity index is 920. The zero-order valence-electron chi connectivity index (χ0n) is 16.2. The third-order valence-electron chi connectivity index (χ3n) is 6.31. The summed E-state index contributed by atoms with van der Waals surface area (Å²) in [6.07, 6.45) is 4.33. The molecule has 0 radical (unpaired) electrons. The van der Waals surface area contributed by atoms with Crippen LogP contribution in [0.4, 0.5) is 23.4 Å². The molecule has 3 atom stereocenters. The van der Waals surface area contributed by atoms with E-state index in [1.54, 1.807) is 0 Å². The van der Waals surface area contributed by atoms with Gasteiger partial charge in [0.2, 0.25) is 0 Å². The van der Waals surface area contributed by atoms with Crippen LogP contribution in [0.15, 0.2) is 18.5 Å².